The van der Waals surface area contributed by atoms with Gasteiger partial charge in [0.05, 0.1) is 10.6 Å². The van der Waals surface area contributed by atoms with Crippen LogP contribution in [0.15, 0.2) is 68.9 Å². The number of nitrogens with zero attached hydrogens (tertiary/aromatic N) is 1. The van der Waals surface area contributed by atoms with Gasteiger partial charge in [-0.25, -0.2) is 8.42 Å². The third-order valence-corrected chi connectivity index (χ3v) is 6.50. The van der Waals surface area contributed by atoms with E-state index in [1.165, 1.54) is 36.4 Å². The molecule has 0 saturated carbocycles. The van der Waals surface area contributed by atoms with Crippen LogP contribution in [0, 0.1) is 6.92 Å². The van der Waals surface area contributed by atoms with E-state index in [-0.39, 0.29) is 16.2 Å². The van der Waals surface area contributed by atoms with Crippen molar-refractivity contribution in [1.82, 2.24) is 0 Å². The Hall–Kier alpha value is -1.78. The Morgan fingerprint density at radius 1 is 1.07 bits per heavy atom. The summed E-state index contributed by atoms with van der Waals surface area (Å²) in [5.41, 5.74) is -4.11. The third kappa shape index (κ3) is 5.62. The van der Waals surface area contributed by atoms with Crippen molar-refractivity contribution in [2.45, 2.75) is 24.3 Å². The Morgan fingerprint density at radius 3 is 2.11 bits per heavy atom. The lowest BCUT2D eigenvalue weighted by atomic mass is 10.2. The van der Waals surface area contributed by atoms with Crippen LogP contribution in [-0.4, -0.2) is 19.8 Å². The zero-order valence-corrected chi connectivity index (χ0v) is 17.9. The Kier molecular flexibility index (Phi) is 7.00. The van der Waals surface area contributed by atoms with E-state index in [1.807, 2.05) is 0 Å². The van der Waals surface area contributed by atoms with E-state index in [9.17, 15) is 26.4 Å². The van der Waals surface area contributed by atoms with E-state index in [1.54, 1.807) is 19.1 Å². The maximum Gasteiger partial charge on any atom is 0.445 e. The summed E-state index contributed by atoms with van der Waals surface area (Å²) in [4.78, 5) is 12.7. The average Bonchev–Trinajstić information content (AvgIpc) is 2.61. The Balaban J connectivity index is 2.55. The molecule has 0 atom stereocenters. The highest BCUT2D eigenvalue weighted by atomic mass is 79.9. The summed E-state index contributed by atoms with van der Waals surface area (Å²) in [5.74, 6) is -1.07. The molecule has 2 aromatic carbocycles. The number of rotatable bonds is 5. The van der Waals surface area contributed by atoms with Crippen molar-refractivity contribution in [1.29, 1.82) is 0 Å². The molecule has 0 heterocycles. The molecule has 0 spiro atoms. The lowest BCUT2D eigenvalue weighted by molar-refractivity contribution is -0.114. The minimum atomic E-state index is -4.58. The number of carbonyl (C=O) groups is 1. The molecule has 28 heavy (non-hydrogen) atoms. The Bertz CT molecular complexity index is 986. The number of amides is 1. The molecule has 0 unspecified atom stereocenters. The van der Waals surface area contributed by atoms with Crippen molar-refractivity contribution in [3.05, 3.63) is 69.5 Å². The van der Waals surface area contributed by atoms with Crippen LogP contribution in [-0.2, 0) is 14.8 Å². The van der Waals surface area contributed by atoms with E-state index in [2.05, 4.69) is 15.9 Å². The molecule has 0 aliphatic heterocycles. The molecule has 2 rings (SSSR count). The second-order valence-electron chi connectivity index (χ2n) is 5.73. The van der Waals surface area contributed by atoms with E-state index in [0.29, 0.717) is 14.2 Å². The molecule has 4 nitrogen and oxygen atoms in total. The van der Waals surface area contributed by atoms with Gasteiger partial charge in [0.15, 0.2) is 0 Å². The van der Waals surface area contributed by atoms with Gasteiger partial charge >= 0.3 is 5.51 Å². The first kappa shape index (κ1) is 22.5. The summed E-state index contributed by atoms with van der Waals surface area (Å²) in [6, 6.07) is 11.7. The second kappa shape index (κ2) is 8.71. The highest BCUT2D eigenvalue weighted by Gasteiger charge is 2.33. The molecule has 0 fully saturated rings. The molecule has 0 aliphatic carbocycles. The third-order valence-electron chi connectivity index (χ3n) is 3.51. The van der Waals surface area contributed by atoms with Gasteiger partial charge in [-0.1, -0.05) is 33.6 Å². The number of halogens is 4. The van der Waals surface area contributed by atoms with Crippen LogP contribution in [0.3, 0.4) is 0 Å². The molecule has 0 N–H and O–H groups in total. The van der Waals surface area contributed by atoms with Gasteiger partial charge in [0.25, 0.3) is 15.9 Å². The number of hydrogen-bond acceptors (Lipinski definition) is 4. The number of alkyl halides is 3. The predicted molar refractivity (Wildman–Crippen MR) is 107 cm³/mol. The average molecular weight is 494 g/mol. The van der Waals surface area contributed by atoms with E-state index < -0.39 is 33.2 Å². The Morgan fingerprint density at radius 2 is 1.61 bits per heavy atom. The van der Waals surface area contributed by atoms with Crippen LogP contribution >= 0.6 is 27.7 Å². The molecule has 150 valence electrons. The minimum absolute atomic E-state index is 0.0125. The number of thioether (sulfide) groups is 1. The predicted octanol–water partition coefficient (Wildman–Crippen LogP) is 5.64. The fourth-order valence-corrected chi connectivity index (χ4v) is 4.25. The van der Waals surface area contributed by atoms with Gasteiger partial charge in [-0.3, -0.25) is 4.79 Å². The van der Waals surface area contributed by atoms with Crippen LogP contribution < -0.4 is 4.31 Å². The van der Waals surface area contributed by atoms with Gasteiger partial charge in [-0.15, -0.1) is 0 Å². The summed E-state index contributed by atoms with van der Waals surface area (Å²) < 4.78 is 64.7. The maximum atomic E-state index is 13.1. The van der Waals surface area contributed by atoms with E-state index in [4.69, 9.17) is 0 Å². The quantitative estimate of drug-likeness (QED) is 0.506. The fourth-order valence-electron chi connectivity index (χ4n) is 2.12. The zero-order chi connectivity index (χ0) is 21.1. The first-order valence-corrected chi connectivity index (χ1v) is 10.9. The lowest BCUT2D eigenvalue weighted by Crippen LogP contribution is -2.37. The molecular weight excluding hydrogens is 479 g/mol. The smallest absolute Gasteiger partial charge is 0.268 e. The SMILES string of the molecule is CC(=CSC(F)(F)F)C(=O)N(c1ccc(Br)cc1)S(=O)(=O)c1ccc(C)cc1. The number of sulfonamides is 1. The molecule has 2 aromatic rings. The lowest BCUT2D eigenvalue weighted by Gasteiger charge is -2.23. The van der Waals surface area contributed by atoms with Gasteiger partial charge in [0, 0.05) is 10.0 Å². The first-order valence-electron chi connectivity index (χ1n) is 7.75. The normalized spacial score (nSPS) is 12.7. The number of carbonyl (C=O) groups excluding carboxylic acids is 1. The number of aryl methyl sites for hydroxylation is 1. The Labute approximate surface area is 173 Å². The summed E-state index contributed by atoms with van der Waals surface area (Å²) >= 11 is 2.70. The van der Waals surface area contributed by atoms with Crippen LogP contribution in [0.4, 0.5) is 18.9 Å². The number of hydrogen-bond donors (Lipinski definition) is 0. The van der Waals surface area contributed by atoms with Gasteiger partial charge < -0.3 is 0 Å². The summed E-state index contributed by atoms with van der Waals surface area (Å²) in [6.45, 7) is 2.91. The van der Waals surface area contributed by atoms with Gasteiger partial charge in [-0.05, 0) is 67.4 Å². The number of anilines is 1. The second-order valence-corrected chi connectivity index (χ2v) is 9.37. The molecule has 0 aromatic heterocycles. The van der Waals surface area contributed by atoms with Crippen molar-refractivity contribution in [3.63, 3.8) is 0 Å². The molecule has 0 bridgehead atoms. The summed E-state index contributed by atoms with van der Waals surface area (Å²) in [5, 5.41) is 0.596. The standard InChI is InChI=1S/C18H15BrF3NO3S2/c1-12-3-9-16(10-4-12)28(25,26)23(15-7-5-14(19)6-8-15)17(24)13(2)11-27-18(20,21)22/h3-11H,1-2H3. The van der Waals surface area contributed by atoms with E-state index in [0.717, 1.165) is 12.5 Å². The van der Waals surface area contributed by atoms with Gasteiger partial charge in [0.2, 0.25) is 0 Å². The molecule has 0 aliphatic rings. The molecule has 0 radical (unpaired) electrons. The topological polar surface area (TPSA) is 54.5 Å². The van der Waals surface area contributed by atoms with Crippen LogP contribution in [0.2, 0.25) is 0 Å². The van der Waals surface area contributed by atoms with Crippen LogP contribution in [0.1, 0.15) is 12.5 Å². The van der Waals surface area contributed by atoms with Crippen molar-refractivity contribution >= 4 is 49.3 Å². The highest BCUT2D eigenvalue weighted by Crippen LogP contribution is 2.33. The van der Waals surface area contributed by atoms with Crippen molar-refractivity contribution < 1.29 is 26.4 Å². The summed E-state index contributed by atoms with van der Waals surface area (Å²) in [7, 11) is -4.34. The van der Waals surface area contributed by atoms with Crippen molar-refractivity contribution in [2.24, 2.45) is 0 Å². The van der Waals surface area contributed by atoms with Crippen LogP contribution in [0.5, 0.6) is 0 Å². The number of benzene rings is 2. The highest BCUT2D eigenvalue weighted by molar-refractivity contribution is 9.10. The van der Waals surface area contributed by atoms with Crippen molar-refractivity contribution in [3.8, 4) is 0 Å². The zero-order valence-electron chi connectivity index (χ0n) is 14.7. The maximum absolute atomic E-state index is 13.1. The van der Waals surface area contributed by atoms with Gasteiger partial charge in [0.1, 0.15) is 0 Å². The monoisotopic (exact) mass is 493 g/mol. The van der Waals surface area contributed by atoms with E-state index >= 15 is 0 Å². The molecule has 10 heteroatoms. The van der Waals surface area contributed by atoms with Gasteiger partial charge in [-0.2, -0.15) is 17.5 Å². The van der Waals surface area contributed by atoms with Crippen molar-refractivity contribution in [2.75, 3.05) is 4.31 Å². The van der Waals surface area contributed by atoms with Crippen LogP contribution in [0.25, 0.3) is 0 Å². The molecular formula is C18H15BrF3NO3S2. The summed E-state index contributed by atoms with van der Waals surface area (Å²) in [6.07, 6.45) is 0. The minimum Gasteiger partial charge on any atom is -0.268 e. The molecule has 0 saturated heterocycles. The first-order chi connectivity index (χ1) is 12.9. The molecule has 1 amide bonds. The largest absolute Gasteiger partial charge is 0.445 e. The fraction of sp³-hybridized carbons (Fsp3) is 0.167.